The lowest BCUT2D eigenvalue weighted by molar-refractivity contribution is -0.275. The Morgan fingerprint density at radius 1 is 0.829 bits per heavy atom. The van der Waals surface area contributed by atoms with Gasteiger partial charge in [-0.25, -0.2) is 4.98 Å². The molecule has 0 saturated heterocycles. The number of hydrogen-bond acceptors (Lipinski definition) is 7. The van der Waals surface area contributed by atoms with Crippen molar-refractivity contribution in [3.05, 3.63) is 54.6 Å². The van der Waals surface area contributed by atoms with Crippen molar-refractivity contribution in [3.8, 4) is 22.8 Å². The zero-order valence-electron chi connectivity index (χ0n) is 18.5. The van der Waals surface area contributed by atoms with Crippen molar-refractivity contribution in [1.82, 2.24) is 14.9 Å². The van der Waals surface area contributed by atoms with Crippen molar-refractivity contribution < 1.29 is 35.8 Å². The van der Waals surface area contributed by atoms with Crippen molar-refractivity contribution in [2.45, 2.75) is 12.7 Å². The number of halogens is 6. The van der Waals surface area contributed by atoms with Crippen LogP contribution < -0.4 is 20.1 Å². The zero-order valence-corrected chi connectivity index (χ0v) is 18.5. The van der Waals surface area contributed by atoms with E-state index in [-0.39, 0.29) is 23.1 Å². The minimum atomic E-state index is -4.86. The summed E-state index contributed by atoms with van der Waals surface area (Å²) in [6.07, 6.45) is -9.72. The molecule has 2 N–H and O–H groups in total. The van der Waals surface area contributed by atoms with Gasteiger partial charge in [0, 0.05) is 36.5 Å². The summed E-state index contributed by atoms with van der Waals surface area (Å²) in [5.41, 5.74) is 0.803. The number of nitrogens with one attached hydrogen (secondary N) is 2. The molecule has 2 aromatic carbocycles. The summed E-state index contributed by atoms with van der Waals surface area (Å²) < 4.78 is 83.5. The fourth-order valence-corrected chi connectivity index (χ4v) is 2.90. The number of likely N-dealkylation sites (N-methyl/N-ethyl adjacent to an activating group) is 1. The van der Waals surface area contributed by atoms with Gasteiger partial charge in [0.25, 0.3) is 0 Å². The molecule has 188 valence electrons. The lowest BCUT2D eigenvalue weighted by atomic mass is 10.1. The molecule has 0 atom stereocenters. The number of ether oxygens (including phenoxy) is 2. The lowest BCUT2D eigenvalue weighted by Gasteiger charge is -2.15. The summed E-state index contributed by atoms with van der Waals surface area (Å²) in [6, 6.07) is 11.8. The van der Waals surface area contributed by atoms with Crippen LogP contribution in [0.3, 0.4) is 0 Å². The largest absolute Gasteiger partial charge is 0.573 e. The van der Waals surface area contributed by atoms with Crippen LogP contribution in [0.5, 0.6) is 11.5 Å². The molecular weight excluding hydrogens is 480 g/mol. The van der Waals surface area contributed by atoms with Crippen molar-refractivity contribution in [2.24, 2.45) is 0 Å². The standard InChI is InChI=1S/C22H21F6N5O2/c1-33(2)10-9-29-20-31-18(14-5-3-7-16(11-14)34-21(23,24)25)13-19(32-20)30-15-6-4-8-17(12-15)35-22(26,27)28/h3-8,11-13H,9-10H2,1-2H3,(H2,29,30,31,32). The Kier molecular flexibility index (Phi) is 7.89. The summed E-state index contributed by atoms with van der Waals surface area (Å²) in [5.74, 6) is -0.509. The molecule has 0 aliphatic carbocycles. The van der Waals surface area contributed by atoms with Gasteiger partial charge in [0.05, 0.1) is 5.69 Å². The molecule has 0 fully saturated rings. The molecule has 13 heteroatoms. The summed E-state index contributed by atoms with van der Waals surface area (Å²) in [7, 11) is 3.74. The maximum Gasteiger partial charge on any atom is 0.573 e. The van der Waals surface area contributed by atoms with Crippen LogP contribution >= 0.6 is 0 Å². The SMILES string of the molecule is CN(C)CCNc1nc(Nc2cccc(OC(F)(F)F)c2)cc(-c2cccc(OC(F)(F)F)c2)n1. The fourth-order valence-electron chi connectivity index (χ4n) is 2.90. The van der Waals surface area contributed by atoms with E-state index in [1.54, 1.807) is 0 Å². The second kappa shape index (κ2) is 10.7. The monoisotopic (exact) mass is 501 g/mol. The van der Waals surface area contributed by atoms with Crippen molar-refractivity contribution >= 4 is 17.5 Å². The molecule has 0 spiro atoms. The van der Waals surface area contributed by atoms with Crippen LogP contribution in [0.2, 0.25) is 0 Å². The molecule has 3 rings (SSSR count). The molecule has 0 amide bonds. The van der Waals surface area contributed by atoms with E-state index in [0.29, 0.717) is 18.7 Å². The highest BCUT2D eigenvalue weighted by molar-refractivity contribution is 5.68. The average Bonchev–Trinajstić information content (AvgIpc) is 2.71. The number of benzene rings is 2. The number of anilines is 3. The topological polar surface area (TPSA) is 71.5 Å². The van der Waals surface area contributed by atoms with Crippen molar-refractivity contribution in [1.29, 1.82) is 0 Å². The third kappa shape index (κ3) is 8.85. The second-order valence-corrected chi connectivity index (χ2v) is 7.47. The Morgan fingerprint density at radius 3 is 2.09 bits per heavy atom. The van der Waals surface area contributed by atoms with E-state index < -0.39 is 24.2 Å². The van der Waals surface area contributed by atoms with Gasteiger partial charge >= 0.3 is 12.7 Å². The predicted octanol–water partition coefficient (Wildman–Crippen LogP) is 5.66. The Morgan fingerprint density at radius 2 is 1.46 bits per heavy atom. The van der Waals surface area contributed by atoms with Gasteiger partial charge in [-0.1, -0.05) is 18.2 Å². The quantitative estimate of drug-likeness (QED) is 0.367. The number of nitrogens with zero attached hydrogens (tertiary/aromatic N) is 3. The van der Waals surface area contributed by atoms with Crippen molar-refractivity contribution in [3.63, 3.8) is 0 Å². The molecular formula is C22H21F6N5O2. The van der Waals surface area contributed by atoms with E-state index in [0.717, 1.165) is 18.2 Å². The van der Waals surface area contributed by atoms with E-state index in [1.165, 1.54) is 36.4 Å². The van der Waals surface area contributed by atoms with E-state index in [4.69, 9.17) is 0 Å². The molecule has 0 bridgehead atoms. The van der Waals surface area contributed by atoms with Gasteiger partial charge in [0.1, 0.15) is 17.3 Å². The smallest absolute Gasteiger partial charge is 0.406 e. The van der Waals surface area contributed by atoms with Crippen LogP contribution in [0.25, 0.3) is 11.3 Å². The van der Waals surface area contributed by atoms with Gasteiger partial charge in [-0.05, 0) is 38.4 Å². The van der Waals surface area contributed by atoms with Gasteiger partial charge in [-0.3, -0.25) is 0 Å². The Balaban J connectivity index is 1.92. The number of aromatic nitrogens is 2. The summed E-state index contributed by atoms with van der Waals surface area (Å²) >= 11 is 0. The third-order valence-electron chi connectivity index (χ3n) is 4.27. The summed E-state index contributed by atoms with van der Waals surface area (Å²) in [6.45, 7) is 1.10. The minimum absolute atomic E-state index is 0.164. The molecule has 3 aromatic rings. The van der Waals surface area contributed by atoms with Crippen LogP contribution in [0, 0.1) is 0 Å². The first-order valence-corrected chi connectivity index (χ1v) is 10.1. The fraction of sp³-hybridized carbons (Fsp3) is 0.273. The van der Waals surface area contributed by atoms with Crippen LogP contribution in [-0.2, 0) is 0 Å². The second-order valence-electron chi connectivity index (χ2n) is 7.47. The summed E-state index contributed by atoms with van der Waals surface area (Å²) in [4.78, 5) is 10.6. The maximum atomic E-state index is 12.6. The predicted molar refractivity (Wildman–Crippen MR) is 118 cm³/mol. The third-order valence-corrected chi connectivity index (χ3v) is 4.27. The average molecular weight is 501 g/mol. The first kappa shape index (κ1) is 25.9. The van der Waals surface area contributed by atoms with Gasteiger partial charge in [0.15, 0.2) is 0 Å². The molecule has 7 nitrogen and oxygen atoms in total. The van der Waals surface area contributed by atoms with Crippen LogP contribution in [0.4, 0.5) is 43.8 Å². The molecule has 0 saturated carbocycles. The van der Waals surface area contributed by atoms with Crippen LogP contribution in [0.1, 0.15) is 0 Å². The van der Waals surface area contributed by atoms with E-state index in [9.17, 15) is 26.3 Å². The van der Waals surface area contributed by atoms with E-state index in [1.807, 2.05) is 19.0 Å². The maximum absolute atomic E-state index is 12.6. The van der Waals surface area contributed by atoms with Gasteiger partial charge in [-0.2, -0.15) is 4.98 Å². The minimum Gasteiger partial charge on any atom is -0.406 e. The number of alkyl halides is 6. The molecule has 0 aliphatic heterocycles. The lowest BCUT2D eigenvalue weighted by Crippen LogP contribution is -2.21. The van der Waals surface area contributed by atoms with Gasteiger partial charge < -0.3 is 25.0 Å². The zero-order chi connectivity index (χ0) is 25.6. The summed E-state index contributed by atoms with van der Waals surface area (Å²) in [5, 5.41) is 5.89. The molecule has 0 unspecified atom stereocenters. The number of rotatable bonds is 9. The van der Waals surface area contributed by atoms with E-state index >= 15 is 0 Å². The Hall–Kier alpha value is -3.74. The van der Waals surface area contributed by atoms with Crippen LogP contribution in [0.15, 0.2) is 54.6 Å². The molecule has 1 aromatic heterocycles. The molecule has 0 radical (unpaired) electrons. The highest BCUT2D eigenvalue weighted by Gasteiger charge is 2.32. The molecule has 35 heavy (non-hydrogen) atoms. The van der Waals surface area contributed by atoms with Gasteiger partial charge in [0.2, 0.25) is 5.95 Å². The highest BCUT2D eigenvalue weighted by Crippen LogP contribution is 2.30. The Bertz CT molecular complexity index is 1140. The van der Waals surface area contributed by atoms with Gasteiger partial charge in [-0.15, -0.1) is 26.3 Å². The highest BCUT2D eigenvalue weighted by atomic mass is 19.4. The molecule has 0 aliphatic rings. The first-order valence-electron chi connectivity index (χ1n) is 10.1. The number of hydrogen-bond donors (Lipinski definition) is 2. The normalized spacial score (nSPS) is 11.9. The van der Waals surface area contributed by atoms with Crippen LogP contribution in [-0.4, -0.2) is 54.8 Å². The molecule has 1 heterocycles. The first-order chi connectivity index (χ1) is 16.4. The Labute approximate surface area is 196 Å². The van der Waals surface area contributed by atoms with Crippen molar-refractivity contribution in [2.75, 3.05) is 37.8 Å². The van der Waals surface area contributed by atoms with E-state index in [2.05, 4.69) is 30.1 Å².